The Morgan fingerprint density at radius 1 is 1.04 bits per heavy atom. The lowest BCUT2D eigenvalue weighted by Gasteiger charge is -2.42. The van der Waals surface area contributed by atoms with Gasteiger partial charge in [0.2, 0.25) is 0 Å². The Morgan fingerprint density at radius 2 is 1.71 bits per heavy atom. The van der Waals surface area contributed by atoms with E-state index in [1.165, 1.54) is 0 Å². The molecule has 2 N–H and O–H groups in total. The average molecular weight is 338 g/mol. The van der Waals surface area contributed by atoms with E-state index >= 15 is 0 Å². The maximum Gasteiger partial charge on any atom is 0.130 e. The van der Waals surface area contributed by atoms with Crippen LogP contribution in [0, 0.1) is 11.8 Å². The second kappa shape index (κ2) is 5.46. The standard InChI is InChI=1S/C20H34O4/c1-13(2)19(22)9-7-17(5,21)15(11-19)23-16-12-20(14(3)4)10-8-18(16,6)24-20/h11,13-14,16,21-22H,7-10,12H2,1-6H3. The molecule has 4 nitrogen and oxygen atoms in total. The minimum absolute atomic E-state index is 0.0686. The molecule has 0 radical (unpaired) electrons. The van der Waals surface area contributed by atoms with Crippen LogP contribution < -0.4 is 0 Å². The molecule has 0 aromatic carbocycles. The van der Waals surface area contributed by atoms with Crippen molar-refractivity contribution < 1.29 is 19.7 Å². The molecule has 2 aliphatic heterocycles. The summed E-state index contributed by atoms with van der Waals surface area (Å²) in [6.07, 6.45) is 5.67. The van der Waals surface area contributed by atoms with Crippen molar-refractivity contribution in [2.24, 2.45) is 11.8 Å². The number of hydrogen-bond acceptors (Lipinski definition) is 4. The van der Waals surface area contributed by atoms with Crippen LogP contribution in [0.3, 0.4) is 0 Å². The maximum absolute atomic E-state index is 10.9. The van der Waals surface area contributed by atoms with Crippen LogP contribution in [0.2, 0.25) is 0 Å². The van der Waals surface area contributed by atoms with Gasteiger partial charge >= 0.3 is 0 Å². The van der Waals surface area contributed by atoms with Gasteiger partial charge < -0.3 is 19.7 Å². The summed E-state index contributed by atoms with van der Waals surface area (Å²) in [6.45, 7) is 12.3. The number of hydrogen-bond donors (Lipinski definition) is 2. The van der Waals surface area contributed by atoms with E-state index in [2.05, 4.69) is 20.8 Å². The Bertz CT molecular complexity index is 538. The molecule has 0 aromatic rings. The number of aliphatic hydroxyl groups is 2. The van der Waals surface area contributed by atoms with E-state index in [4.69, 9.17) is 9.47 Å². The van der Waals surface area contributed by atoms with Crippen LogP contribution in [0.25, 0.3) is 0 Å². The highest BCUT2D eigenvalue weighted by Gasteiger charge is 2.62. The van der Waals surface area contributed by atoms with Gasteiger partial charge in [-0.2, -0.15) is 0 Å². The topological polar surface area (TPSA) is 58.9 Å². The van der Waals surface area contributed by atoms with Crippen molar-refractivity contribution in [2.75, 3.05) is 0 Å². The number of rotatable bonds is 4. The Kier molecular flexibility index (Phi) is 4.14. The summed E-state index contributed by atoms with van der Waals surface area (Å²) in [5.41, 5.74) is -2.33. The maximum atomic E-state index is 10.9. The lowest BCUT2D eigenvalue weighted by Crippen LogP contribution is -2.46. The minimum atomic E-state index is -1.02. The van der Waals surface area contributed by atoms with Gasteiger partial charge in [0.25, 0.3) is 0 Å². The number of ether oxygens (including phenoxy) is 2. The van der Waals surface area contributed by atoms with Gasteiger partial charge in [0.05, 0.1) is 11.2 Å². The smallest absolute Gasteiger partial charge is 0.130 e. The Morgan fingerprint density at radius 3 is 2.25 bits per heavy atom. The molecular formula is C20H34O4. The van der Waals surface area contributed by atoms with Crippen molar-refractivity contribution in [3.63, 3.8) is 0 Å². The van der Waals surface area contributed by atoms with Gasteiger partial charge in [-0.1, -0.05) is 27.7 Å². The van der Waals surface area contributed by atoms with E-state index in [0.717, 1.165) is 19.3 Å². The summed E-state index contributed by atoms with van der Waals surface area (Å²) in [7, 11) is 0. The fourth-order valence-electron chi connectivity index (χ4n) is 4.53. The van der Waals surface area contributed by atoms with Crippen molar-refractivity contribution in [1.82, 2.24) is 0 Å². The van der Waals surface area contributed by atoms with Crippen molar-refractivity contribution in [1.29, 1.82) is 0 Å². The third-order valence-electron chi connectivity index (χ3n) is 6.94. The third-order valence-corrected chi connectivity index (χ3v) is 6.94. The van der Waals surface area contributed by atoms with Crippen molar-refractivity contribution >= 4 is 0 Å². The first kappa shape index (κ1) is 18.2. The van der Waals surface area contributed by atoms with E-state index in [-0.39, 0.29) is 23.2 Å². The highest BCUT2D eigenvalue weighted by atomic mass is 16.6. The van der Waals surface area contributed by atoms with Crippen LogP contribution in [-0.2, 0) is 9.47 Å². The molecule has 2 bridgehead atoms. The molecule has 0 spiro atoms. The zero-order valence-corrected chi connectivity index (χ0v) is 16.1. The summed E-state index contributed by atoms with van der Waals surface area (Å²) in [5, 5.41) is 21.7. The summed E-state index contributed by atoms with van der Waals surface area (Å²) in [4.78, 5) is 0. The van der Waals surface area contributed by atoms with Crippen molar-refractivity contribution in [3.05, 3.63) is 11.8 Å². The number of fused-ring (bicyclic) bond motifs is 2. The van der Waals surface area contributed by atoms with Crippen LogP contribution in [0.4, 0.5) is 0 Å². The average Bonchev–Trinajstić information content (AvgIpc) is 2.96. The predicted molar refractivity (Wildman–Crippen MR) is 93.5 cm³/mol. The minimum Gasteiger partial charge on any atom is -0.489 e. The van der Waals surface area contributed by atoms with Crippen LogP contribution >= 0.6 is 0 Å². The van der Waals surface area contributed by atoms with Gasteiger partial charge in [0.15, 0.2) is 0 Å². The van der Waals surface area contributed by atoms with E-state index in [1.807, 2.05) is 13.8 Å². The highest BCUT2D eigenvalue weighted by molar-refractivity contribution is 5.22. The molecule has 5 unspecified atom stereocenters. The molecule has 138 valence electrons. The quantitative estimate of drug-likeness (QED) is 0.823. The van der Waals surface area contributed by atoms with Crippen LogP contribution in [0.5, 0.6) is 0 Å². The molecule has 0 saturated carbocycles. The molecule has 4 heteroatoms. The lowest BCUT2D eigenvalue weighted by molar-refractivity contribution is -0.103. The summed E-state index contributed by atoms with van der Waals surface area (Å²) >= 11 is 0. The normalized spacial score (nSPS) is 48.2. The molecule has 3 aliphatic rings. The molecule has 24 heavy (non-hydrogen) atoms. The largest absolute Gasteiger partial charge is 0.489 e. The summed E-state index contributed by atoms with van der Waals surface area (Å²) in [5.74, 6) is 1.05. The first-order valence-corrected chi connectivity index (χ1v) is 9.47. The fraction of sp³-hybridized carbons (Fsp3) is 0.900. The molecule has 2 fully saturated rings. The second-order valence-electron chi connectivity index (χ2n) is 9.37. The SMILES string of the molecule is CC(C)C1(O)C=C(OC2CC3(C(C)C)CCC2(C)O3)C(C)(O)CC1. The van der Waals surface area contributed by atoms with Crippen LogP contribution in [0.1, 0.15) is 73.6 Å². The van der Waals surface area contributed by atoms with Crippen LogP contribution in [-0.4, -0.2) is 38.7 Å². The predicted octanol–water partition coefficient (Wildman–Crippen LogP) is 3.56. The zero-order valence-electron chi connectivity index (χ0n) is 16.1. The first-order valence-electron chi connectivity index (χ1n) is 9.47. The van der Waals surface area contributed by atoms with E-state index < -0.39 is 11.2 Å². The van der Waals surface area contributed by atoms with Crippen LogP contribution in [0.15, 0.2) is 11.8 Å². The molecule has 0 amide bonds. The van der Waals surface area contributed by atoms with Gasteiger partial charge in [-0.3, -0.25) is 0 Å². The van der Waals surface area contributed by atoms with Crippen molar-refractivity contribution in [2.45, 2.75) is 102 Å². The van der Waals surface area contributed by atoms with E-state index in [0.29, 0.717) is 24.5 Å². The molecule has 1 aliphatic carbocycles. The van der Waals surface area contributed by atoms with E-state index in [1.54, 1.807) is 13.0 Å². The fourth-order valence-corrected chi connectivity index (χ4v) is 4.53. The Hall–Kier alpha value is -0.580. The van der Waals surface area contributed by atoms with Gasteiger partial charge in [-0.05, 0) is 57.4 Å². The first-order chi connectivity index (χ1) is 10.9. The second-order valence-corrected chi connectivity index (χ2v) is 9.37. The molecule has 2 heterocycles. The summed E-state index contributed by atoms with van der Waals surface area (Å²) in [6, 6.07) is 0. The van der Waals surface area contributed by atoms with Gasteiger partial charge in [0, 0.05) is 6.42 Å². The molecule has 5 atom stereocenters. The Labute approximate surface area is 146 Å². The van der Waals surface area contributed by atoms with Gasteiger partial charge in [-0.25, -0.2) is 0 Å². The zero-order chi connectivity index (χ0) is 18.0. The molecule has 0 aromatic heterocycles. The lowest BCUT2D eigenvalue weighted by atomic mass is 9.74. The van der Waals surface area contributed by atoms with Gasteiger partial charge in [-0.15, -0.1) is 0 Å². The molecule has 3 rings (SSSR count). The molecule has 2 saturated heterocycles. The monoisotopic (exact) mass is 338 g/mol. The summed E-state index contributed by atoms with van der Waals surface area (Å²) < 4.78 is 12.8. The highest BCUT2D eigenvalue weighted by Crippen LogP contribution is 2.56. The molecular weight excluding hydrogens is 304 g/mol. The van der Waals surface area contributed by atoms with Crippen molar-refractivity contribution in [3.8, 4) is 0 Å². The third kappa shape index (κ3) is 2.71. The van der Waals surface area contributed by atoms with E-state index in [9.17, 15) is 10.2 Å². The van der Waals surface area contributed by atoms with Gasteiger partial charge in [0.1, 0.15) is 23.1 Å². The Balaban J connectivity index is 1.86.